The van der Waals surface area contributed by atoms with Crippen LogP contribution in [0, 0.1) is 11.8 Å². The van der Waals surface area contributed by atoms with Crippen molar-refractivity contribution < 1.29 is 9.53 Å². The Hall–Kier alpha value is -1.59. The molecule has 0 bridgehead atoms. The van der Waals surface area contributed by atoms with Crippen molar-refractivity contribution >= 4 is 6.09 Å². The number of amides is 1. The van der Waals surface area contributed by atoms with Gasteiger partial charge in [0.15, 0.2) is 0 Å². The van der Waals surface area contributed by atoms with E-state index in [2.05, 4.69) is 41.9 Å². The normalized spacial score (nSPS) is 18.1. The lowest BCUT2D eigenvalue weighted by Crippen LogP contribution is -2.48. The van der Waals surface area contributed by atoms with Gasteiger partial charge < -0.3 is 20.7 Å². The molecule has 0 saturated carbocycles. The van der Waals surface area contributed by atoms with E-state index in [-0.39, 0.29) is 12.1 Å². The Morgan fingerprint density at radius 3 is 2.37 bits per heavy atom. The lowest BCUT2D eigenvalue weighted by atomic mass is 9.84. The third kappa shape index (κ3) is 7.51. The Balaban J connectivity index is 2.05. The molecule has 2 atom stereocenters. The first-order chi connectivity index (χ1) is 12.8. The first kappa shape index (κ1) is 21.7. The SMILES string of the molecule is CC(C)C(NC[C@H](NC(=O)OC(C)(C)C)c1ccccc1)C1CCNCC1. The molecule has 1 amide bonds. The summed E-state index contributed by atoms with van der Waals surface area (Å²) >= 11 is 0. The molecule has 2 rings (SSSR count). The second-order valence-electron chi connectivity index (χ2n) is 8.87. The number of hydrogen-bond donors (Lipinski definition) is 3. The van der Waals surface area contributed by atoms with Gasteiger partial charge >= 0.3 is 6.09 Å². The van der Waals surface area contributed by atoms with E-state index in [1.54, 1.807) is 0 Å². The predicted molar refractivity (Wildman–Crippen MR) is 111 cm³/mol. The zero-order chi connectivity index (χ0) is 19.9. The van der Waals surface area contributed by atoms with Crippen molar-refractivity contribution in [1.29, 1.82) is 0 Å². The van der Waals surface area contributed by atoms with E-state index >= 15 is 0 Å². The number of nitrogens with one attached hydrogen (secondary N) is 3. The van der Waals surface area contributed by atoms with Crippen LogP contribution < -0.4 is 16.0 Å². The van der Waals surface area contributed by atoms with Gasteiger partial charge in [0.05, 0.1) is 6.04 Å². The average molecular weight is 376 g/mol. The van der Waals surface area contributed by atoms with Crippen molar-refractivity contribution in [3.8, 4) is 0 Å². The Morgan fingerprint density at radius 1 is 1.19 bits per heavy atom. The summed E-state index contributed by atoms with van der Waals surface area (Å²) in [4.78, 5) is 12.4. The van der Waals surface area contributed by atoms with Gasteiger partial charge in [-0.3, -0.25) is 0 Å². The zero-order valence-corrected chi connectivity index (χ0v) is 17.5. The summed E-state index contributed by atoms with van der Waals surface area (Å²) in [6.45, 7) is 13.1. The fourth-order valence-electron chi connectivity index (χ4n) is 3.79. The highest BCUT2D eigenvalue weighted by Crippen LogP contribution is 2.23. The van der Waals surface area contributed by atoms with Crippen LogP contribution >= 0.6 is 0 Å². The molecule has 1 saturated heterocycles. The Kier molecular flexibility index (Phi) is 8.11. The molecular formula is C22H37N3O2. The third-order valence-electron chi connectivity index (χ3n) is 5.06. The number of alkyl carbamates (subject to hydrolysis) is 1. The molecule has 152 valence electrons. The summed E-state index contributed by atoms with van der Waals surface area (Å²) in [5.41, 5.74) is 0.581. The molecule has 0 aromatic heterocycles. The molecule has 5 nitrogen and oxygen atoms in total. The average Bonchev–Trinajstić information content (AvgIpc) is 2.61. The molecule has 5 heteroatoms. The summed E-state index contributed by atoms with van der Waals surface area (Å²) < 4.78 is 5.47. The Morgan fingerprint density at radius 2 is 1.81 bits per heavy atom. The van der Waals surface area contributed by atoms with Gasteiger partial charge in [0.2, 0.25) is 0 Å². The van der Waals surface area contributed by atoms with E-state index in [0.717, 1.165) is 18.7 Å². The van der Waals surface area contributed by atoms with Crippen LogP contribution in [0.15, 0.2) is 30.3 Å². The van der Waals surface area contributed by atoms with Crippen LogP contribution in [-0.2, 0) is 4.74 Å². The number of piperidine rings is 1. The van der Waals surface area contributed by atoms with Crippen molar-refractivity contribution in [2.75, 3.05) is 19.6 Å². The minimum atomic E-state index is -0.506. The van der Waals surface area contributed by atoms with Crippen molar-refractivity contribution in [1.82, 2.24) is 16.0 Å². The molecule has 1 heterocycles. The standard InChI is InChI=1S/C22H37N3O2/c1-16(2)20(18-11-13-23-14-12-18)24-15-19(17-9-7-6-8-10-17)25-21(26)27-22(3,4)5/h6-10,16,18-20,23-24H,11-15H2,1-5H3,(H,25,26)/t19-,20?/m0/s1. The molecule has 1 aliphatic heterocycles. The summed E-state index contributed by atoms with van der Waals surface area (Å²) in [5.74, 6) is 1.22. The quantitative estimate of drug-likeness (QED) is 0.677. The summed E-state index contributed by atoms with van der Waals surface area (Å²) in [6.07, 6.45) is 2.03. The second-order valence-corrected chi connectivity index (χ2v) is 8.87. The maximum atomic E-state index is 12.4. The van der Waals surface area contributed by atoms with Gasteiger partial charge in [-0.05, 0) is 64.1 Å². The lowest BCUT2D eigenvalue weighted by Gasteiger charge is -2.35. The largest absolute Gasteiger partial charge is 0.444 e. The van der Waals surface area contributed by atoms with Crippen LogP contribution in [0.4, 0.5) is 4.79 Å². The molecule has 0 aliphatic carbocycles. The van der Waals surface area contributed by atoms with Gasteiger partial charge in [-0.1, -0.05) is 44.2 Å². The molecule has 0 spiro atoms. The number of ether oxygens (including phenoxy) is 1. The predicted octanol–water partition coefficient (Wildman–Crippen LogP) is 3.87. The third-order valence-corrected chi connectivity index (χ3v) is 5.06. The second kappa shape index (κ2) is 10.1. The molecule has 0 radical (unpaired) electrons. The van der Waals surface area contributed by atoms with Gasteiger partial charge in [-0.2, -0.15) is 0 Å². The minimum Gasteiger partial charge on any atom is -0.444 e. The first-order valence-corrected chi connectivity index (χ1v) is 10.2. The molecule has 1 aromatic rings. The highest BCUT2D eigenvalue weighted by atomic mass is 16.6. The first-order valence-electron chi connectivity index (χ1n) is 10.2. The molecule has 3 N–H and O–H groups in total. The summed E-state index contributed by atoms with van der Waals surface area (Å²) in [5, 5.41) is 10.3. The van der Waals surface area contributed by atoms with Crippen LogP contribution in [0.1, 0.15) is 59.1 Å². The molecular weight excluding hydrogens is 338 g/mol. The fourth-order valence-corrected chi connectivity index (χ4v) is 3.79. The molecule has 1 fully saturated rings. The van der Waals surface area contributed by atoms with Crippen LogP contribution in [0.25, 0.3) is 0 Å². The summed E-state index contributed by atoms with van der Waals surface area (Å²) in [6, 6.07) is 10.4. The van der Waals surface area contributed by atoms with Gasteiger partial charge in [-0.15, -0.1) is 0 Å². The van der Waals surface area contributed by atoms with Crippen LogP contribution in [0.3, 0.4) is 0 Å². The Bertz CT molecular complexity index is 563. The van der Waals surface area contributed by atoms with E-state index in [1.807, 2.05) is 39.0 Å². The molecule has 1 aliphatic rings. The van der Waals surface area contributed by atoms with Gasteiger partial charge in [-0.25, -0.2) is 4.79 Å². The topological polar surface area (TPSA) is 62.4 Å². The van der Waals surface area contributed by atoms with Crippen molar-refractivity contribution in [2.45, 2.75) is 65.1 Å². The van der Waals surface area contributed by atoms with Gasteiger partial charge in [0.1, 0.15) is 5.60 Å². The molecule has 1 aromatic carbocycles. The summed E-state index contributed by atoms with van der Waals surface area (Å²) in [7, 11) is 0. The maximum absolute atomic E-state index is 12.4. The van der Waals surface area contributed by atoms with E-state index in [9.17, 15) is 4.79 Å². The number of carbonyl (C=O) groups excluding carboxylic acids is 1. The smallest absolute Gasteiger partial charge is 0.408 e. The monoisotopic (exact) mass is 375 g/mol. The molecule has 1 unspecified atom stereocenters. The highest BCUT2D eigenvalue weighted by molar-refractivity contribution is 5.68. The number of benzene rings is 1. The van der Waals surface area contributed by atoms with Crippen LogP contribution in [-0.4, -0.2) is 37.4 Å². The molecule has 27 heavy (non-hydrogen) atoms. The van der Waals surface area contributed by atoms with Gasteiger partial charge in [0, 0.05) is 12.6 Å². The van der Waals surface area contributed by atoms with E-state index < -0.39 is 5.60 Å². The van der Waals surface area contributed by atoms with E-state index in [1.165, 1.54) is 12.8 Å². The highest BCUT2D eigenvalue weighted by Gasteiger charge is 2.27. The van der Waals surface area contributed by atoms with Gasteiger partial charge in [0.25, 0.3) is 0 Å². The number of carbonyl (C=O) groups is 1. The number of rotatable bonds is 7. The minimum absolute atomic E-state index is 0.121. The fraction of sp³-hybridized carbons (Fsp3) is 0.682. The van der Waals surface area contributed by atoms with Crippen molar-refractivity contribution in [2.24, 2.45) is 11.8 Å². The maximum Gasteiger partial charge on any atom is 0.408 e. The Labute approximate surface area is 164 Å². The van der Waals surface area contributed by atoms with E-state index in [4.69, 9.17) is 4.74 Å². The van der Waals surface area contributed by atoms with Crippen molar-refractivity contribution in [3.05, 3.63) is 35.9 Å². The van der Waals surface area contributed by atoms with E-state index in [0.29, 0.717) is 24.4 Å². The van der Waals surface area contributed by atoms with Crippen LogP contribution in [0.2, 0.25) is 0 Å². The number of hydrogen-bond acceptors (Lipinski definition) is 4. The lowest BCUT2D eigenvalue weighted by molar-refractivity contribution is 0.0500. The van der Waals surface area contributed by atoms with Crippen LogP contribution in [0.5, 0.6) is 0 Å². The van der Waals surface area contributed by atoms with Crippen molar-refractivity contribution in [3.63, 3.8) is 0 Å². The zero-order valence-electron chi connectivity index (χ0n) is 17.5.